The van der Waals surface area contributed by atoms with E-state index in [9.17, 15) is 4.79 Å². The first-order valence-corrected chi connectivity index (χ1v) is 10.2. The summed E-state index contributed by atoms with van der Waals surface area (Å²) in [6.45, 7) is 4.05. The maximum Gasteiger partial charge on any atom is 0.239 e. The second-order valence-corrected chi connectivity index (χ2v) is 6.62. The van der Waals surface area contributed by atoms with Crippen LogP contribution in [0.15, 0.2) is 54.6 Å². The molecule has 2 rings (SSSR count). The van der Waals surface area contributed by atoms with E-state index in [4.69, 9.17) is 9.47 Å². The molecule has 2 aromatic rings. The smallest absolute Gasteiger partial charge is 0.239 e. The van der Waals surface area contributed by atoms with Gasteiger partial charge in [0, 0.05) is 6.54 Å². The Labute approximate surface area is 168 Å². The molecule has 0 bridgehead atoms. The molecule has 0 aliphatic rings. The van der Waals surface area contributed by atoms with Crippen molar-refractivity contribution in [3.63, 3.8) is 0 Å². The van der Waals surface area contributed by atoms with E-state index in [0.29, 0.717) is 19.0 Å². The number of unbranched alkanes of at least 4 members (excludes halogenated alkanes) is 4. The van der Waals surface area contributed by atoms with Crippen LogP contribution in [0.3, 0.4) is 0 Å². The molecular formula is C23H32N2O3. The minimum absolute atomic E-state index is 0.00212. The summed E-state index contributed by atoms with van der Waals surface area (Å²) in [5, 5.41) is 6.11. The summed E-state index contributed by atoms with van der Waals surface area (Å²) in [7, 11) is 0. The number of para-hydroxylation sites is 3. The Bertz CT molecular complexity index is 677. The van der Waals surface area contributed by atoms with Crippen LogP contribution in [-0.2, 0) is 4.79 Å². The second kappa shape index (κ2) is 13.5. The molecule has 152 valence electrons. The molecule has 0 aliphatic heterocycles. The number of carbonyl (C=O) groups is 1. The number of benzene rings is 2. The van der Waals surface area contributed by atoms with Gasteiger partial charge in [0.25, 0.3) is 0 Å². The summed E-state index contributed by atoms with van der Waals surface area (Å²) in [5.74, 6) is 1.54. The maximum absolute atomic E-state index is 12.0. The van der Waals surface area contributed by atoms with E-state index in [2.05, 4.69) is 17.6 Å². The number of amides is 1. The first-order chi connectivity index (χ1) is 13.8. The molecule has 0 atom stereocenters. The minimum atomic E-state index is -0.00212. The van der Waals surface area contributed by atoms with Crippen molar-refractivity contribution in [2.75, 3.05) is 31.6 Å². The van der Waals surface area contributed by atoms with Gasteiger partial charge in [-0.25, -0.2) is 0 Å². The molecule has 5 heteroatoms. The number of rotatable bonds is 14. The molecule has 0 spiro atoms. The van der Waals surface area contributed by atoms with Crippen LogP contribution in [0.5, 0.6) is 11.5 Å². The Balaban J connectivity index is 1.66. The van der Waals surface area contributed by atoms with Crippen molar-refractivity contribution in [1.29, 1.82) is 0 Å². The van der Waals surface area contributed by atoms with Crippen molar-refractivity contribution in [2.45, 2.75) is 39.0 Å². The van der Waals surface area contributed by atoms with E-state index in [1.807, 2.05) is 54.6 Å². The van der Waals surface area contributed by atoms with Gasteiger partial charge in [-0.15, -0.1) is 0 Å². The Morgan fingerprint density at radius 2 is 1.57 bits per heavy atom. The van der Waals surface area contributed by atoms with Crippen molar-refractivity contribution >= 4 is 11.6 Å². The van der Waals surface area contributed by atoms with Crippen molar-refractivity contribution in [1.82, 2.24) is 5.32 Å². The van der Waals surface area contributed by atoms with Gasteiger partial charge in [0.2, 0.25) is 5.91 Å². The highest BCUT2D eigenvalue weighted by Crippen LogP contribution is 2.23. The summed E-state index contributed by atoms with van der Waals surface area (Å²) < 4.78 is 11.4. The molecule has 0 unspecified atom stereocenters. The monoisotopic (exact) mass is 384 g/mol. The van der Waals surface area contributed by atoms with Gasteiger partial charge in [-0.3, -0.25) is 4.79 Å². The van der Waals surface area contributed by atoms with Crippen LogP contribution in [0.1, 0.15) is 39.0 Å². The third-order valence-electron chi connectivity index (χ3n) is 4.28. The average molecular weight is 385 g/mol. The molecule has 28 heavy (non-hydrogen) atoms. The Kier molecular flexibility index (Phi) is 10.4. The van der Waals surface area contributed by atoms with Gasteiger partial charge in [0.1, 0.15) is 24.7 Å². The molecule has 0 radical (unpaired) electrons. The molecule has 0 saturated heterocycles. The van der Waals surface area contributed by atoms with Crippen molar-refractivity contribution < 1.29 is 14.3 Å². The second-order valence-electron chi connectivity index (χ2n) is 6.62. The van der Waals surface area contributed by atoms with Crippen LogP contribution in [0.4, 0.5) is 5.69 Å². The van der Waals surface area contributed by atoms with E-state index in [-0.39, 0.29) is 12.5 Å². The fourth-order valence-corrected chi connectivity index (χ4v) is 2.76. The zero-order valence-electron chi connectivity index (χ0n) is 16.8. The van der Waals surface area contributed by atoms with E-state index >= 15 is 0 Å². The van der Waals surface area contributed by atoms with Gasteiger partial charge in [0.15, 0.2) is 0 Å². The lowest BCUT2D eigenvalue weighted by atomic mass is 10.1. The largest absolute Gasteiger partial charge is 0.490 e. The standard InChI is InChI=1S/C23H32N2O3/c1-2-3-4-5-11-16-24-23(26)19-25-21-14-9-10-15-22(21)28-18-17-27-20-12-7-6-8-13-20/h6-10,12-15,25H,2-5,11,16-19H2,1H3,(H,24,26). The SMILES string of the molecule is CCCCCCCNC(=O)CNc1ccccc1OCCOc1ccccc1. The molecule has 2 aromatic carbocycles. The fraction of sp³-hybridized carbons (Fsp3) is 0.435. The first-order valence-electron chi connectivity index (χ1n) is 10.2. The third kappa shape index (κ3) is 8.80. The summed E-state index contributed by atoms with van der Waals surface area (Å²) in [4.78, 5) is 12.0. The number of anilines is 1. The molecule has 0 heterocycles. The van der Waals surface area contributed by atoms with E-state index in [1.165, 1.54) is 25.7 Å². The van der Waals surface area contributed by atoms with Crippen LogP contribution in [-0.4, -0.2) is 32.2 Å². The number of hydrogen-bond donors (Lipinski definition) is 2. The lowest BCUT2D eigenvalue weighted by molar-refractivity contribution is -0.119. The lowest BCUT2D eigenvalue weighted by Gasteiger charge is -2.13. The minimum Gasteiger partial charge on any atom is -0.490 e. The number of nitrogens with one attached hydrogen (secondary N) is 2. The Morgan fingerprint density at radius 3 is 2.39 bits per heavy atom. The molecule has 2 N–H and O–H groups in total. The quantitative estimate of drug-likeness (QED) is 0.466. The van der Waals surface area contributed by atoms with Crippen LogP contribution in [0.2, 0.25) is 0 Å². The van der Waals surface area contributed by atoms with Gasteiger partial charge in [-0.2, -0.15) is 0 Å². The number of carbonyl (C=O) groups excluding carboxylic acids is 1. The van der Waals surface area contributed by atoms with E-state index < -0.39 is 0 Å². The zero-order chi connectivity index (χ0) is 19.9. The van der Waals surface area contributed by atoms with Gasteiger partial charge in [-0.1, -0.05) is 62.9 Å². The fourth-order valence-electron chi connectivity index (χ4n) is 2.76. The number of hydrogen-bond acceptors (Lipinski definition) is 4. The summed E-state index contributed by atoms with van der Waals surface area (Å²) in [6, 6.07) is 17.3. The van der Waals surface area contributed by atoms with Gasteiger partial charge >= 0.3 is 0 Å². The van der Waals surface area contributed by atoms with Crippen molar-refractivity contribution in [3.8, 4) is 11.5 Å². The van der Waals surface area contributed by atoms with Gasteiger partial charge in [0.05, 0.1) is 12.2 Å². The van der Waals surface area contributed by atoms with Crippen molar-refractivity contribution in [2.24, 2.45) is 0 Å². The van der Waals surface area contributed by atoms with E-state index in [0.717, 1.165) is 24.4 Å². The molecule has 0 aromatic heterocycles. The maximum atomic E-state index is 12.0. The number of ether oxygens (including phenoxy) is 2. The Hall–Kier alpha value is -2.69. The summed E-state index contributed by atoms with van der Waals surface area (Å²) >= 11 is 0. The Morgan fingerprint density at radius 1 is 0.857 bits per heavy atom. The molecular weight excluding hydrogens is 352 g/mol. The van der Waals surface area contributed by atoms with Crippen LogP contribution in [0.25, 0.3) is 0 Å². The molecule has 1 amide bonds. The average Bonchev–Trinajstić information content (AvgIpc) is 2.73. The lowest BCUT2D eigenvalue weighted by Crippen LogP contribution is -2.30. The van der Waals surface area contributed by atoms with Crippen LogP contribution in [0, 0.1) is 0 Å². The zero-order valence-corrected chi connectivity index (χ0v) is 16.8. The molecule has 0 fully saturated rings. The predicted molar refractivity (Wildman–Crippen MR) is 114 cm³/mol. The van der Waals surface area contributed by atoms with Gasteiger partial charge in [-0.05, 0) is 30.7 Å². The van der Waals surface area contributed by atoms with Crippen LogP contribution >= 0.6 is 0 Å². The molecule has 0 saturated carbocycles. The highest BCUT2D eigenvalue weighted by molar-refractivity contribution is 5.81. The van der Waals surface area contributed by atoms with Crippen LogP contribution < -0.4 is 20.1 Å². The van der Waals surface area contributed by atoms with Crippen molar-refractivity contribution in [3.05, 3.63) is 54.6 Å². The van der Waals surface area contributed by atoms with Gasteiger partial charge < -0.3 is 20.1 Å². The summed E-state index contributed by atoms with van der Waals surface area (Å²) in [5.41, 5.74) is 0.806. The highest BCUT2D eigenvalue weighted by atomic mass is 16.5. The summed E-state index contributed by atoms with van der Waals surface area (Å²) in [6.07, 6.45) is 5.94. The predicted octanol–water partition coefficient (Wildman–Crippen LogP) is 4.64. The third-order valence-corrected chi connectivity index (χ3v) is 4.28. The topological polar surface area (TPSA) is 59.6 Å². The molecule has 5 nitrogen and oxygen atoms in total. The normalized spacial score (nSPS) is 10.3. The highest BCUT2D eigenvalue weighted by Gasteiger charge is 2.06. The first kappa shape index (κ1) is 21.6. The molecule has 0 aliphatic carbocycles. The van der Waals surface area contributed by atoms with E-state index in [1.54, 1.807) is 0 Å².